The van der Waals surface area contributed by atoms with Gasteiger partial charge in [-0.3, -0.25) is 14.7 Å². The summed E-state index contributed by atoms with van der Waals surface area (Å²) >= 11 is 4.67. The number of rotatable bonds is 6. The Morgan fingerprint density at radius 2 is 1.83 bits per heavy atom. The molecule has 2 aromatic heterocycles. The van der Waals surface area contributed by atoms with Crippen molar-refractivity contribution in [3.05, 3.63) is 65.2 Å². The summed E-state index contributed by atoms with van der Waals surface area (Å²) in [6.07, 6.45) is -1.05. The molecule has 186 valence electrons. The Hall–Kier alpha value is -4.17. The van der Waals surface area contributed by atoms with Crippen molar-refractivity contribution in [1.82, 2.24) is 19.9 Å². The van der Waals surface area contributed by atoms with Crippen LogP contribution in [0.5, 0.6) is 0 Å². The molecule has 2 heterocycles. The Labute approximate surface area is 214 Å². The minimum Gasteiger partial charge on any atom is -0.465 e. The molecule has 0 fully saturated rings. The minimum absolute atomic E-state index is 0.00317. The molecule has 10 nitrogen and oxygen atoms in total. The smallest absolute Gasteiger partial charge is 0.408 e. The average molecular weight is 506 g/mol. The van der Waals surface area contributed by atoms with Crippen LogP contribution in [0.15, 0.2) is 42.5 Å². The number of anilines is 2. The number of nitrogen functional groups attached to an aromatic ring is 1. The van der Waals surface area contributed by atoms with Gasteiger partial charge in [-0.1, -0.05) is 18.2 Å². The summed E-state index contributed by atoms with van der Waals surface area (Å²) in [6, 6.07) is 14.1. The number of nitrogens with one attached hydrogen (secondary N) is 1. The molecule has 0 aliphatic rings. The van der Waals surface area contributed by atoms with Gasteiger partial charge < -0.3 is 16.2 Å². The highest BCUT2D eigenvalue weighted by molar-refractivity contribution is 7.80. The van der Waals surface area contributed by atoms with E-state index >= 15 is 0 Å². The molecule has 0 spiro atoms. The lowest BCUT2D eigenvalue weighted by molar-refractivity contribution is -0.114. The van der Waals surface area contributed by atoms with Crippen molar-refractivity contribution in [2.75, 3.05) is 11.1 Å². The molecule has 11 heteroatoms. The number of amides is 2. The summed E-state index contributed by atoms with van der Waals surface area (Å²) in [4.78, 5) is 37.8. The van der Waals surface area contributed by atoms with E-state index in [9.17, 15) is 20.0 Å². The predicted molar refractivity (Wildman–Crippen MR) is 139 cm³/mol. The summed E-state index contributed by atoms with van der Waals surface area (Å²) in [5, 5.41) is 21.3. The number of nitrogens with zero attached hydrogens (tertiary/aromatic N) is 5. The van der Waals surface area contributed by atoms with Crippen LogP contribution in [0.1, 0.15) is 55.7 Å². The van der Waals surface area contributed by atoms with Crippen molar-refractivity contribution in [3.63, 3.8) is 0 Å². The molecule has 4 N–H and O–H groups in total. The molecule has 1 unspecified atom stereocenters. The molecule has 0 aliphatic heterocycles. The Balaban J connectivity index is 1.98. The molecule has 0 aliphatic carbocycles. The number of carbonyl (C=O) groups excluding carboxylic acids is 1. The summed E-state index contributed by atoms with van der Waals surface area (Å²) in [5.41, 5.74) is 8.20. The van der Waals surface area contributed by atoms with Crippen molar-refractivity contribution >= 4 is 36.1 Å². The third-order valence-electron chi connectivity index (χ3n) is 5.26. The van der Waals surface area contributed by atoms with Crippen LogP contribution in [-0.2, 0) is 11.3 Å². The highest BCUT2D eigenvalue weighted by atomic mass is 32.1. The average Bonchev–Trinajstić information content (AvgIpc) is 2.81. The number of carboxylic acid groups (broad SMARTS) is 1. The van der Waals surface area contributed by atoms with Crippen LogP contribution in [0, 0.1) is 11.3 Å². The molecule has 0 saturated heterocycles. The van der Waals surface area contributed by atoms with Gasteiger partial charge in [-0.2, -0.15) is 17.9 Å². The first-order valence-corrected chi connectivity index (χ1v) is 11.5. The summed E-state index contributed by atoms with van der Waals surface area (Å²) in [5.74, 6) is 0.0467. The van der Waals surface area contributed by atoms with E-state index in [1.165, 1.54) is 11.8 Å². The molecule has 1 atom stereocenters. The third kappa shape index (κ3) is 6.09. The molecule has 36 heavy (non-hydrogen) atoms. The van der Waals surface area contributed by atoms with Crippen molar-refractivity contribution < 1.29 is 14.7 Å². The number of benzene rings is 1. The number of thiol groups is 1. The summed E-state index contributed by atoms with van der Waals surface area (Å²) in [6.45, 7) is 6.94. The van der Waals surface area contributed by atoms with E-state index in [0.717, 1.165) is 0 Å². The van der Waals surface area contributed by atoms with Crippen molar-refractivity contribution in [3.8, 4) is 17.3 Å². The molecular weight excluding hydrogens is 478 g/mol. The zero-order chi connectivity index (χ0) is 26.6. The molecule has 0 saturated carbocycles. The van der Waals surface area contributed by atoms with E-state index in [1.54, 1.807) is 42.5 Å². The normalized spacial score (nSPS) is 11.9. The van der Waals surface area contributed by atoms with E-state index in [2.05, 4.69) is 32.9 Å². The Morgan fingerprint density at radius 1 is 1.17 bits per heavy atom. The van der Waals surface area contributed by atoms with E-state index < -0.39 is 16.9 Å². The van der Waals surface area contributed by atoms with E-state index in [1.807, 2.05) is 26.8 Å². The van der Waals surface area contributed by atoms with Gasteiger partial charge in [0.1, 0.15) is 28.5 Å². The molecule has 0 bridgehead atoms. The van der Waals surface area contributed by atoms with Gasteiger partial charge in [0.15, 0.2) is 0 Å². The lowest BCUT2D eigenvalue weighted by Gasteiger charge is -2.33. The minimum atomic E-state index is -1.05. The number of hydrogen-bond donors (Lipinski definition) is 4. The van der Waals surface area contributed by atoms with Crippen LogP contribution in [-0.4, -0.2) is 42.5 Å². The van der Waals surface area contributed by atoms with E-state index in [-0.39, 0.29) is 29.7 Å². The molecule has 0 radical (unpaired) electrons. The number of nitrogens with two attached hydrogens (primary N) is 1. The molecule has 3 aromatic rings. The largest absolute Gasteiger partial charge is 0.465 e. The predicted octanol–water partition coefficient (Wildman–Crippen LogP) is 4.25. The Bertz CT molecular complexity index is 1330. The van der Waals surface area contributed by atoms with Gasteiger partial charge >= 0.3 is 6.09 Å². The van der Waals surface area contributed by atoms with Crippen LogP contribution >= 0.6 is 12.6 Å². The monoisotopic (exact) mass is 505 g/mol. The van der Waals surface area contributed by atoms with Gasteiger partial charge in [0, 0.05) is 23.7 Å². The lowest BCUT2D eigenvalue weighted by Crippen LogP contribution is -2.44. The maximum absolute atomic E-state index is 11.7. The van der Waals surface area contributed by atoms with E-state index in [4.69, 9.17) is 5.73 Å². The first-order valence-electron chi connectivity index (χ1n) is 11.0. The third-order valence-corrected chi connectivity index (χ3v) is 5.75. The van der Waals surface area contributed by atoms with E-state index in [0.29, 0.717) is 28.3 Å². The number of aromatic nitrogens is 3. The van der Waals surface area contributed by atoms with Crippen molar-refractivity contribution in [2.45, 2.75) is 45.0 Å². The quantitative estimate of drug-likeness (QED) is 0.362. The molecule has 2 amide bonds. The number of nitriles is 1. The topological polar surface area (TPSA) is 158 Å². The fourth-order valence-corrected chi connectivity index (χ4v) is 3.74. The second-order valence-corrected chi connectivity index (χ2v) is 9.57. The van der Waals surface area contributed by atoms with Gasteiger partial charge in [-0.25, -0.2) is 14.8 Å². The second kappa shape index (κ2) is 10.6. The second-order valence-electron chi connectivity index (χ2n) is 9.06. The number of hydrogen-bond acceptors (Lipinski definition) is 8. The zero-order valence-corrected chi connectivity index (χ0v) is 21.2. The van der Waals surface area contributed by atoms with Gasteiger partial charge in [-0.05, 0) is 45.0 Å². The van der Waals surface area contributed by atoms with Gasteiger partial charge in [0.05, 0.1) is 23.6 Å². The fraction of sp³-hybridized carbons (Fsp3) is 0.280. The lowest BCUT2D eigenvalue weighted by atomic mass is 10.1. The number of pyridine rings is 1. The van der Waals surface area contributed by atoms with Crippen LogP contribution in [0.3, 0.4) is 0 Å². The maximum Gasteiger partial charge on any atom is 0.408 e. The SMILES string of the molecule is CC(=O)Nc1ccc(-c2nc(C(S)c3cccc(CN(C(=O)O)C(C)(C)C)n3)nc(N)c2C#N)cc1. The zero-order valence-electron chi connectivity index (χ0n) is 20.4. The van der Waals surface area contributed by atoms with Crippen molar-refractivity contribution in [2.24, 2.45) is 0 Å². The standard InChI is InChI=1S/C25H27N7O3S/c1-14(33)28-16-10-8-15(9-11-16)20-18(12-26)22(27)31-23(30-20)21(36)19-7-5-6-17(29-19)13-32(24(34)35)25(2,3)4/h5-11,21,36H,13H2,1-4H3,(H,28,33)(H,34,35)(H2,27,30,31). The van der Waals surface area contributed by atoms with Crippen LogP contribution < -0.4 is 11.1 Å². The Morgan fingerprint density at radius 3 is 2.39 bits per heavy atom. The molecule has 3 rings (SSSR count). The van der Waals surface area contributed by atoms with Gasteiger partial charge in [0.25, 0.3) is 0 Å². The molecule has 1 aromatic carbocycles. The summed E-state index contributed by atoms with van der Waals surface area (Å²) in [7, 11) is 0. The van der Waals surface area contributed by atoms with Crippen LogP contribution in [0.25, 0.3) is 11.3 Å². The van der Waals surface area contributed by atoms with Crippen molar-refractivity contribution in [1.29, 1.82) is 5.26 Å². The highest BCUT2D eigenvalue weighted by Gasteiger charge is 2.27. The maximum atomic E-state index is 11.7. The van der Waals surface area contributed by atoms with Crippen LogP contribution in [0.4, 0.5) is 16.3 Å². The van der Waals surface area contributed by atoms with Gasteiger partial charge in [0.2, 0.25) is 5.91 Å². The molecular formula is C25H27N7O3S. The van der Waals surface area contributed by atoms with Gasteiger partial charge in [-0.15, -0.1) is 0 Å². The first kappa shape index (κ1) is 26.4. The van der Waals surface area contributed by atoms with Crippen LogP contribution in [0.2, 0.25) is 0 Å². The number of carbonyl (C=O) groups is 2. The highest BCUT2D eigenvalue weighted by Crippen LogP contribution is 2.31. The first-order chi connectivity index (χ1) is 16.9. The summed E-state index contributed by atoms with van der Waals surface area (Å²) < 4.78 is 0. The Kier molecular flexibility index (Phi) is 7.80. The fourth-order valence-electron chi connectivity index (χ4n) is 3.48.